The number of hydrogen-bond donors (Lipinski definition) is 0. The van der Waals surface area contributed by atoms with Crippen molar-refractivity contribution in [3.8, 4) is 16.9 Å². The summed E-state index contributed by atoms with van der Waals surface area (Å²) in [5.74, 6) is 1.61. The lowest BCUT2D eigenvalue weighted by Gasteiger charge is -2.30. The zero-order valence-electron chi connectivity index (χ0n) is 18.5. The van der Waals surface area contributed by atoms with Gasteiger partial charge >= 0.3 is 0 Å². The van der Waals surface area contributed by atoms with E-state index >= 15 is 0 Å². The number of methoxy groups -OCH3 is 1. The molecule has 6 heteroatoms. The van der Waals surface area contributed by atoms with Crippen LogP contribution in [0.4, 0.5) is 11.4 Å². The molecule has 0 radical (unpaired) electrons. The predicted molar refractivity (Wildman–Crippen MR) is 134 cm³/mol. The van der Waals surface area contributed by atoms with Crippen LogP contribution >= 0.6 is 11.6 Å². The van der Waals surface area contributed by atoms with Gasteiger partial charge in [-0.2, -0.15) is 0 Å². The minimum atomic E-state index is -0.142. The van der Waals surface area contributed by atoms with Crippen molar-refractivity contribution >= 4 is 34.7 Å². The molecular formula is C27H24ClN3O2. The molecule has 1 unspecified atom stereocenters. The zero-order valence-corrected chi connectivity index (χ0v) is 19.3. The van der Waals surface area contributed by atoms with E-state index in [1.54, 1.807) is 18.1 Å². The third-order valence-corrected chi connectivity index (χ3v) is 6.43. The van der Waals surface area contributed by atoms with E-state index in [2.05, 4.69) is 17.1 Å². The van der Waals surface area contributed by atoms with Crippen LogP contribution in [-0.4, -0.2) is 43.9 Å². The number of carbonyl (C=O) groups is 1. The van der Waals surface area contributed by atoms with E-state index in [0.29, 0.717) is 17.1 Å². The highest BCUT2D eigenvalue weighted by Gasteiger charge is 2.31. The molecule has 1 amide bonds. The Morgan fingerprint density at radius 2 is 1.88 bits per heavy atom. The number of ether oxygens (including phenoxy) is 1. The van der Waals surface area contributed by atoms with Gasteiger partial charge < -0.3 is 14.5 Å². The van der Waals surface area contributed by atoms with Gasteiger partial charge in [-0.15, -0.1) is 0 Å². The van der Waals surface area contributed by atoms with Crippen LogP contribution in [0.3, 0.4) is 0 Å². The molecule has 33 heavy (non-hydrogen) atoms. The molecule has 0 fully saturated rings. The van der Waals surface area contributed by atoms with Crippen molar-refractivity contribution < 1.29 is 9.53 Å². The van der Waals surface area contributed by atoms with Crippen molar-refractivity contribution in [1.82, 2.24) is 4.90 Å². The number of fused-ring (bicyclic) bond motifs is 2. The smallest absolute Gasteiger partial charge is 0.259 e. The summed E-state index contributed by atoms with van der Waals surface area (Å²) in [7, 11) is 3.67. The van der Waals surface area contributed by atoms with Gasteiger partial charge in [0, 0.05) is 25.7 Å². The third kappa shape index (κ3) is 3.89. The Balaban J connectivity index is 1.53. The number of para-hydroxylation sites is 3. The number of hydrogen-bond acceptors (Lipinski definition) is 4. The van der Waals surface area contributed by atoms with Crippen LogP contribution in [0, 0.1) is 5.92 Å². The molecule has 5 nitrogen and oxygen atoms in total. The highest BCUT2D eigenvalue weighted by Crippen LogP contribution is 2.37. The molecule has 0 spiro atoms. The molecule has 0 aromatic heterocycles. The van der Waals surface area contributed by atoms with Gasteiger partial charge in [0.25, 0.3) is 5.91 Å². The average Bonchev–Trinajstić information content (AvgIpc) is 3.01. The minimum absolute atomic E-state index is 0.0201. The number of anilines is 1. The molecular weight excluding hydrogens is 434 g/mol. The molecule has 166 valence electrons. The maximum Gasteiger partial charge on any atom is 0.259 e. The van der Waals surface area contributed by atoms with E-state index in [1.807, 2.05) is 67.7 Å². The fraction of sp³-hybridized carbons (Fsp3) is 0.185. The standard InChI is InChI=1S/C27H24ClN3O2/c1-30-15-7-8-19-17-31(24-11-5-4-10-23(24)29-26(19)30)27(32)21-14-13-18(16-22(21)28)20-9-3-6-12-25(20)33-2/h3-14,16,19H,15,17H2,1-2H3. The summed E-state index contributed by atoms with van der Waals surface area (Å²) in [6.07, 6.45) is 4.26. The number of amidine groups is 1. The molecule has 0 saturated carbocycles. The van der Waals surface area contributed by atoms with Crippen molar-refractivity contribution in [3.63, 3.8) is 0 Å². The van der Waals surface area contributed by atoms with E-state index < -0.39 is 0 Å². The first-order valence-electron chi connectivity index (χ1n) is 10.9. The maximum atomic E-state index is 13.8. The molecule has 3 aromatic rings. The highest BCUT2D eigenvalue weighted by atomic mass is 35.5. The van der Waals surface area contributed by atoms with E-state index in [9.17, 15) is 4.79 Å². The van der Waals surface area contributed by atoms with Gasteiger partial charge in [0.05, 0.1) is 35.0 Å². The molecule has 5 rings (SSSR count). The SMILES string of the molecule is COc1ccccc1-c1ccc(C(=O)N2CC3C=CCN(C)C3=Nc3ccccc32)c(Cl)c1. The number of carbonyl (C=O) groups excluding carboxylic acids is 1. The number of likely N-dealkylation sites (N-methyl/N-ethyl adjacent to an activating group) is 1. The molecule has 2 aliphatic rings. The number of benzene rings is 3. The van der Waals surface area contributed by atoms with Crippen LogP contribution in [0.15, 0.2) is 83.9 Å². The number of amides is 1. The molecule has 0 aliphatic carbocycles. The fourth-order valence-electron chi connectivity index (χ4n) is 4.44. The fourth-order valence-corrected chi connectivity index (χ4v) is 4.70. The predicted octanol–water partition coefficient (Wildman–Crippen LogP) is 5.82. The van der Waals surface area contributed by atoms with Gasteiger partial charge in [0.2, 0.25) is 0 Å². The van der Waals surface area contributed by atoms with Gasteiger partial charge in [-0.05, 0) is 35.9 Å². The largest absolute Gasteiger partial charge is 0.496 e. The van der Waals surface area contributed by atoms with E-state index in [-0.39, 0.29) is 11.8 Å². The molecule has 1 atom stereocenters. The Morgan fingerprint density at radius 3 is 2.70 bits per heavy atom. The second-order valence-electron chi connectivity index (χ2n) is 8.18. The first-order valence-corrected chi connectivity index (χ1v) is 11.2. The Morgan fingerprint density at radius 1 is 1.09 bits per heavy atom. The number of halogens is 1. The number of rotatable bonds is 3. The molecule has 0 N–H and O–H groups in total. The molecule has 0 saturated heterocycles. The zero-order chi connectivity index (χ0) is 22.9. The van der Waals surface area contributed by atoms with Crippen molar-refractivity contribution in [2.24, 2.45) is 10.9 Å². The minimum Gasteiger partial charge on any atom is -0.496 e. The van der Waals surface area contributed by atoms with Crippen LogP contribution in [0.2, 0.25) is 5.02 Å². The second-order valence-corrected chi connectivity index (χ2v) is 8.59. The summed E-state index contributed by atoms with van der Waals surface area (Å²) < 4.78 is 5.48. The summed E-state index contributed by atoms with van der Waals surface area (Å²) >= 11 is 6.68. The summed E-state index contributed by atoms with van der Waals surface area (Å²) in [6, 6.07) is 21.1. The Bertz CT molecular complexity index is 1280. The highest BCUT2D eigenvalue weighted by molar-refractivity contribution is 6.35. The molecule has 3 aromatic carbocycles. The normalized spacial score (nSPS) is 17.1. The monoisotopic (exact) mass is 457 g/mol. The first kappa shape index (κ1) is 21.3. The van der Waals surface area contributed by atoms with Crippen LogP contribution in [0.5, 0.6) is 5.75 Å². The topological polar surface area (TPSA) is 45.1 Å². The molecule has 2 aliphatic heterocycles. The van der Waals surface area contributed by atoms with Crippen molar-refractivity contribution in [3.05, 3.63) is 89.5 Å². The maximum absolute atomic E-state index is 13.8. The quantitative estimate of drug-likeness (QED) is 0.465. The van der Waals surface area contributed by atoms with Gasteiger partial charge in [0.1, 0.15) is 11.6 Å². The third-order valence-electron chi connectivity index (χ3n) is 6.12. The number of aliphatic imine (C=N–C) groups is 1. The van der Waals surface area contributed by atoms with Gasteiger partial charge in [-0.25, -0.2) is 4.99 Å². The first-order chi connectivity index (χ1) is 16.1. The van der Waals surface area contributed by atoms with Crippen molar-refractivity contribution in [2.75, 3.05) is 32.1 Å². The molecule has 2 heterocycles. The lowest BCUT2D eigenvalue weighted by atomic mass is 10.0. The van der Waals surface area contributed by atoms with Crippen LogP contribution < -0.4 is 9.64 Å². The summed E-state index contributed by atoms with van der Waals surface area (Å²) in [6.45, 7) is 1.31. The summed E-state index contributed by atoms with van der Waals surface area (Å²) in [5.41, 5.74) is 3.85. The number of nitrogens with zero attached hydrogens (tertiary/aromatic N) is 3. The Hall–Kier alpha value is -3.57. The van der Waals surface area contributed by atoms with Crippen molar-refractivity contribution in [1.29, 1.82) is 0 Å². The average molecular weight is 458 g/mol. The van der Waals surface area contributed by atoms with Gasteiger partial charge in [-0.1, -0.05) is 60.2 Å². The molecule has 0 bridgehead atoms. The lowest BCUT2D eigenvalue weighted by molar-refractivity contribution is 0.0986. The van der Waals surface area contributed by atoms with E-state index in [4.69, 9.17) is 21.3 Å². The van der Waals surface area contributed by atoms with E-state index in [1.165, 1.54) is 0 Å². The van der Waals surface area contributed by atoms with Crippen LogP contribution in [-0.2, 0) is 0 Å². The van der Waals surface area contributed by atoms with Crippen LogP contribution in [0.25, 0.3) is 11.1 Å². The van der Waals surface area contributed by atoms with Gasteiger partial charge in [0.15, 0.2) is 0 Å². The van der Waals surface area contributed by atoms with Crippen molar-refractivity contribution in [2.45, 2.75) is 0 Å². The Labute approximate surface area is 198 Å². The lowest BCUT2D eigenvalue weighted by Crippen LogP contribution is -2.42. The van der Waals surface area contributed by atoms with Crippen LogP contribution in [0.1, 0.15) is 10.4 Å². The Kier molecular flexibility index (Phi) is 5.65. The summed E-state index contributed by atoms with van der Waals surface area (Å²) in [4.78, 5) is 22.6. The van der Waals surface area contributed by atoms with Gasteiger partial charge in [-0.3, -0.25) is 4.79 Å². The summed E-state index contributed by atoms with van der Waals surface area (Å²) in [5, 5.41) is 0.405. The second kappa shape index (κ2) is 8.75. The van der Waals surface area contributed by atoms with E-state index in [0.717, 1.165) is 40.6 Å².